The molecule has 0 radical (unpaired) electrons. The van der Waals surface area contributed by atoms with Crippen molar-refractivity contribution in [2.45, 2.75) is 69.3 Å². The van der Waals surface area contributed by atoms with E-state index in [1.807, 2.05) is 48.6 Å². The summed E-state index contributed by atoms with van der Waals surface area (Å²) in [5.41, 5.74) is 1.17. The smallest absolute Gasteiger partial charge is 0.220 e. The number of nitrogens with one attached hydrogen (secondary N) is 1. The fourth-order valence-electron chi connectivity index (χ4n) is 4.22. The van der Waals surface area contributed by atoms with E-state index in [0.29, 0.717) is 38.5 Å². The molecule has 5 atom stereocenters. The first kappa shape index (κ1) is 27.2. The molecule has 0 heterocycles. The molecule has 7 heteroatoms. The molecule has 0 aromatic heterocycles. The summed E-state index contributed by atoms with van der Waals surface area (Å²) in [4.78, 5) is 11.7. The quantitative estimate of drug-likeness (QED) is 0.184. The second kappa shape index (κ2) is 15.0. The molecule has 1 amide bonds. The van der Waals surface area contributed by atoms with Crippen LogP contribution >= 0.6 is 0 Å². The van der Waals surface area contributed by atoms with Gasteiger partial charge in [0.25, 0.3) is 0 Å². The van der Waals surface area contributed by atoms with Gasteiger partial charge in [-0.15, -0.1) is 0 Å². The van der Waals surface area contributed by atoms with Crippen LogP contribution < -0.4 is 5.32 Å². The molecule has 1 aromatic rings. The summed E-state index contributed by atoms with van der Waals surface area (Å²) in [5.74, 6) is -0.537. The van der Waals surface area contributed by atoms with Gasteiger partial charge in [-0.05, 0) is 43.6 Å². The number of unbranched alkanes of at least 4 members (excludes halogenated alkanes) is 1. The number of hydrogen-bond donors (Lipinski definition) is 6. The molecule has 1 aromatic carbocycles. The van der Waals surface area contributed by atoms with Crippen LogP contribution in [-0.2, 0) is 11.2 Å². The average Bonchev–Trinajstić information content (AvgIpc) is 3.09. The van der Waals surface area contributed by atoms with Crippen LogP contribution in [0.5, 0.6) is 0 Å². The van der Waals surface area contributed by atoms with Gasteiger partial charge in [0, 0.05) is 18.8 Å². The number of hydrogen-bond acceptors (Lipinski definition) is 6. The standard InChI is InChI=1S/C26H39NO6/c28-17-20(18-29)27-26(33)11-7-2-1-6-10-22-23(25(32)16-24(22)31)15-14-21(30)13-12-19-8-4-3-5-9-19/h1,3-6,8-9,14-15,20-25,28-32H,2,7,10-13,16-18H2,(H,27,33)/b6-1-,15-14+/t21-,22+,23?,24-,25+/m0/s1. The van der Waals surface area contributed by atoms with Gasteiger partial charge in [0.05, 0.1) is 37.6 Å². The van der Waals surface area contributed by atoms with Gasteiger partial charge in [-0.3, -0.25) is 4.79 Å². The van der Waals surface area contributed by atoms with Crippen molar-refractivity contribution in [1.82, 2.24) is 5.32 Å². The van der Waals surface area contributed by atoms with Crippen molar-refractivity contribution in [2.24, 2.45) is 11.8 Å². The zero-order valence-corrected chi connectivity index (χ0v) is 19.2. The van der Waals surface area contributed by atoms with Crippen LogP contribution in [0, 0.1) is 11.8 Å². The summed E-state index contributed by atoms with van der Waals surface area (Å²) in [6, 6.07) is 9.36. The molecule has 1 aliphatic carbocycles. The summed E-state index contributed by atoms with van der Waals surface area (Å²) in [5, 5.41) is 51.6. The lowest BCUT2D eigenvalue weighted by atomic mass is 9.89. The van der Waals surface area contributed by atoms with E-state index in [1.54, 1.807) is 6.08 Å². The molecule has 1 saturated carbocycles. The lowest BCUT2D eigenvalue weighted by molar-refractivity contribution is -0.122. The van der Waals surface area contributed by atoms with Crippen molar-refractivity contribution in [1.29, 1.82) is 0 Å². The predicted molar refractivity (Wildman–Crippen MR) is 127 cm³/mol. The van der Waals surface area contributed by atoms with E-state index in [4.69, 9.17) is 10.2 Å². The third-order valence-corrected chi connectivity index (χ3v) is 6.20. The highest BCUT2D eigenvalue weighted by molar-refractivity contribution is 5.76. The first-order valence-corrected chi connectivity index (χ1v) is 11.9. The van der Waals surface area contributed by atoms with E-state index >= 15 is 0 Å². The summed E-state index contributed by atoms with van der Waals surface area (Å²) >= 11 is 0. The van der Waals surface area contributed by atoms with Crippen LogP contribution in [0.15, 0.2) is 54.6 Å². The highest BCUT2D eigenvalue weighted by Crippen LogP contribution is 2.36. The molecule has 2 rings (SSSR count). The Balaban J connectivity index is 1.74. The van der Waals surface area contributed by atoms with Crippen LogP contribution in [0.25, 0.3) is 0 Å². The number of amides is 1. The zero-order valence-electron chi connectivity index (χ0n) is 19.2. The molecule has 7 nitrogen and oxygen atoms in total. The summed E-state index contributed by atoms with van der Waals surface area (Å²) in [6.07, 6.45) is 9.62. The summed E-state index contributed by atoms with van der Waals surface area (Å²) in [7, 11) is 0. The van der Waals surface area contributed by atoms with Crippen molar-refractivity contribution in [3.05, 3.63) is 60.2 Å². The molecule has 0 spiro atoms. The Morgan fingerprint density at radius 2 is 1.82 bits per heavy atom. The van der Waals surface area contributed by atoms with Crippen LogP contribution in [0.1, 0.15) is 44.1 Å². The Bertz CT molecular complexity index is 734. The van der Waals surface area contributed by atoms with Gasteiger partial charge in [0.15, 0.2) is 0 Å². The normalized spacial score (nSPS) is 24.2. The first-order valence-electron chi connectivity index (χ1n) is 11.9. The minimum Gasteiger partial charge on any atom is -0.394 e. The molecule has 33 heavy (non-hydrogen) atoms. The van der Waals surface area contributed by atoms with E-state index in [1.165, 1.54) is 5.56 Å². The number of aliphatic hydroxyl groups excluding tert-OH is 5. The Hall–Kier alpha value is -2.03. The lowest BCUT2D eigenvalue weighted by Gasteiger charge is -2.19. The van der Waals surface area contributed by atoms with Crippen molar-refractivity contribution in [3.63, 3.8) is 0 Å². The largest absolute Gasteiger partial charge is 0.394 e. The number of carbonyl (C=O) groups excluding carboxylic acids is 1. The Labute approximate surface area is 196 Å². The topological polar surface area (TPSA) is 130 Å². The second-order valence-electron chi connectivity index (χ2n) is 8.82. The number of carbonyl (C=O) groups is 1. The van der Waals surface area contributed by atoms with Gasteiger partial charge >= 0.3 is 0 Å². The summed E-state index contributed by atoms with van der Waals surface area (Å²) in [6.45, 7) is -0.589. The van der Waals surface area contributed by atoms with Crippen molar-refractivity contribution >= 4 is 5.91 Å². The average molecular weight is 462 g/mol. The third-order valence-electron chi connectivity index (χ3n) is 6.20. The van der Waals surface area contributed by atoms with Gasteiger partial charge in [0.1, 0.15) is 0 Å². The molecular weight excluding hydrogens is 422 g/mol. The highest BCUT2D eigenvalue weighted by Gasteiger charge is 2.39. The second-order valence-corrected chi connectivity index (χ2v) is 8.82. The minimum atomic E-state index is -0.634. The van der Waals surface area contributed by atoms with Gasteiger partial charge < -0.3 is 30.8 Å². The number of benzene rings is 1. The third kappa shape index (κ3) is 9.78. The fraction of sp³-hybridized carbons (Fsp3) is 0.577. The fourth-order valence-corrected chi connectivity index (χ4v) is 4.22. The van der Waals surface area contributed by atoms with E-state index in [9.17, 15) is 20.1 Å². The number of allylic oxidation sites excluding steroid dienone is 2. The van der Waals surface area contributed by atoms with Crippen molar-refractivity contribution < 1.29 is 30.3 Å². The van der Waals surface area contributed by atoms with Gasteiger partial charge in [-0.2, -0.15) is 0 Å². The predicted octanol–water partition coefficient (Wildman–Crippen LogP) is 1.48. The number of aryl methyl sites for hydroxylation is 1. The lowest BCUT2D eigenvalue weighted by Crippen LogP contribution is -2.39. The van der Waals surface area contributed by atoms with E-state index in [2.05, 4.69) is 5.32 Å². The molecule has 0 saturated heterocycles. The van der Waals surface area contributed by atoms with Gasteiger partial charge in [-0.25, -0.2) is 0 Å². The maximum Gasteiger partial charge on any atom is 0.220 e. The van der Waals surface area contributed by atoms with Crippen LogP contribution in [0.2, 0.25) is 0 Å². The maximum atomic E-state index is 11.7. The number of aliphatic hydroxyl groups is 5. The monoisotopic (exact) mass is 461 g/mol. The molecule has 1 fully saturated rings. The Kier molecular flexibility index (Phi) is 12.4. The van der Waals surface area contributed by atoms with Crippen LogP contribution in [0.3, 0.4) is 0 Å². The molecular formula is C26H39NO6. The van der Waals surface area contributed by atoms with Crippen LogP contribution in [0.4, 0.5) is 0 Å². The van der Waals surface area contributed by atoms with Crippen LogP contribution in [-0.4, -0.2) is 69.0 Å². The Morgan fingerprint density at radius 3 is 2.52 bits per heavy atom. The molecule has 1 aliphatic rings. The molecule has 1 unspecified atom stereocenters. The van der Waals surface area contributed by atoms with Crippen molar-refractivity contribution in [3.8, 4) is 0 Å². The van der Waals surface area contributed by atoms with Gasteiger partial charge in [0.2, 0.25) is 5.91 Å². The van der Waals surface area contributed by atoms with E-state index in [0.717, 1.165) is 6.42 Å². The molecule has 0 bridgehead atoms. The van der Waals surface area contributed by atoms with Crippen molar-refractivity contribution in [2.75, 3.05) is 13.2 Å². The first-order chi connectivity index (χ1) is 15.9. The number of rotatable bonds is 14. The minimum absolute atomic E-state index is 0.119. The maximum absolute atomic E-state index is 11.7. The van der Waals surface area contributed by atoms with E-state index in [-0.39, 0.29) is 31.0 Å². The SMILES string of the molecule is O=C(CCC/C=C\C[C@@H]1C(/C=C/[C@@H](O)CCc2ccccc2)[C@H](O)C[C@@H]1O)NC(CO)CO. The zero-order chi connectivity index (χ0) is 24.1. The summed E-state index contributed by atoms with van der Waals surface area (Å²) < 4.78 is 0. The van der Waals surface area contributed by atoms with Gasteiger partial charge in [-0.1, -0.05) is 54.6 Å². The molecule has 6 N–H and O–H groups in total. The molecule has 0 aliphatic heterocycles. The van der Waals surface area contributed by atoms with E-state index < -0.39 is 24.4 Å². The Morgan fingerprint density at radius 1 is 1.09 bits per heavy atom. The molecule has 184 valence electrons. The highest BCUT2D eigenvalue weighted by atomic mass is 16.3.